The molecule has 1 amide bonds. The van der Waals surface area contributed by atoms with Gasteiger partial charge in [-0.3, -0.25) is 9.69 Å². The zero-order valence-corrected chi connectivity index (χ0v) is 12.2. The number of carbonyl (C=O) groups is 1. The fourth-order valence-corrected chi connectivity index (χ4v) is 2.39. The smallest absolute Gasteiger partial charge is 0.234 e. The number of aliphatic hydroxyl groups is 1. The van der Waals surface area contributed by atoms with Gasteiger partial charge in [-0.25, -0.2) is 0 Å². The van der Waals surface area contributed by atoms with Crippen molar-refractivity contribution in [3.05, 3.63) is 0 Å². The molecule has 0 aromatic rings. The van der Waals surface area contributed by atoms with E-state index in [4.69, 9.17) is 0 Å². The number of nitrogens with one attached hydrogen (secondary N) is 1. The van der Waals surface area contributed by atoms with E-state index in [0.717, 1.165) is 6.54 Å². The Morgan fingerprint density at radius 2 is 2.11 bits per heavy atom. The molecule has 0 spiro atoms. The highest BCUT2D eigenvalue weighted by molar-refractivity contribution is 5.78. The third-order valence-corrected chi connectivity index (χ3v) is 3.43. The van der Waals surface area contributed by atoms with E-state index < -0.39 is 0 Å². The van der Waals surface area contributed by atoms with Gasteiger partial charge < -0.3 is 10.4 Å². The fraction of sp³-hybridized carbons (Fsp3) is 0.929. The van der Waals surface area contributed by atoms with Crippen molar-refractivity contribution in [2.45, 2.75) is 59.1 Å². The lowest BCUT2D eigenvalue weighted by atomic mass is 9.87. The van der Waals surface area contributed by atoms with Crippen molar-refractivity contribution >= 4 is 5.91 Å². The van der Waals surface area contributed by atoms with Crippen LogP contribution in [0.15, 0.2) is 0 Å². The topological polar surface area (TPSA) is 52.6 Å². The SMILES string of the molecule is CCN(CC(=O)NCC(C)(C)CC(C)O)C1CC1. The van der Waals surface area contributed by atoms with Crippen LogP contribution in [0.25, 0.3) is 0 Å². The molecule has 1 aliphatic carbocycles. The highest BCUT2D eigenvalue weighted by atomic mass is 16.3. The summed E-state index contributed by atoms with van der Waals surface area (Å²) < 4.78 is 0. The average molecular weight is 256 g/mol. The molecule has 0 radical (unpaired) electrons. The molecule has 4 heteroatoms. The Morgan fingerprint density at radius 1 is 1.50 bits per heavy atom. The number of nitrogens with zero attached hydrogens (tertiary/aromatic N) is 1. The van der Waals surface area contributed by atoms with Crippen LogP contribution in [-0.2, 0) is 4.79 Å². The highest BCUT2D eigenvalue weighted by Gasteiger charge is 2.29. The van der Waals surface area contributed by atoms with Gasteiger partial charge in [0.05, 0.1) is 12.6 Å². The molecular weight excluding hydrogens is 228 g/mol. The van der Waals surface area contributed by atoms with Crippen LogP contribution in [0.2, 0.25) is 0 Å². The van der Waals surface area contributed by atoms with Gasteiger partial charge in [-0.1, -0.05) is 20.8 Å². The predicted molar refractivity (Wildman–Crippen MR) is 73.4 cm³/mol. The van der Waals surface area contributed by atoms with Crippen molar-refractivity contribution in [1.29, 1.82) is 0 Å². The molecule has 1 aliphatic rings. The summed E-state index contributed by atoms with van der Waals surface area (Å²) in [5, 5.41) is 12.4. The van der Waals surface area contributed by atoms with Gasteiger partial charge in [-0.05, 0) is 38.1 Å². The minimum atomic E-state index is -0.324. The summed E-state index contributed by atoms with van der Waals surface area (Å²) in [5.41, 5.74) is -0.0551. The zero-order valence-electron chi connectivity index (χ0n) is 12.2. The maximum atomic E-state index is 11.9. The molecule has 0 heterocycles. The maximum absolute atomic E-state index is 11.9. The van der Waals surface area contributed by atoms with Crippen LogP contribution in [0.4, 0.5) is 0 Å². The van der Waals surface area contributed by atoms with Gasteiger partial charge in [-0.15, -0.1) is 0 Å². The molecule has 0 bridgehead atoms. The van der Waals surface area contributed by atoms with Gasteiger partial charge >= 0.3 is 0 Å². The molecule has 18 heavy (non-hydrogen) atoms. The Hall–Kier alpha value is -0.610. The van der Waals surface area contributed by atoms with Gasteiger partial charge in [0.2, 0.25) is 5.91 Å². The first-order valence-corrected chi connectivity index (χ1v) is 7.03. The zero-order chi connectivity index (χ0) is 13.8. The molecule has 1 rings (SSSR count). The Kier molecular flexibility index (Phi) is 5.60. The van der Waals surface area contributed by atoms with Gasteiger partial charge in [0.25, 0.3) is 0 Å². The Bertz CT molecular complexity index is 273. The van der Waals surface area contributed by atoms with Crippen molar-refractivity contribution in [3.63, 3.8) is 0 Å². The van der Waals surface area contributed by atoms with Crippen LogP contribution in [0.3, 0.4) is 0 Å². The standard InChI is InChI=1S/C14H28N2O2/c1-5-16(12-6-7-12)9-13(18)15-10-14(3,4)8-11(2)17/h11-12,17H,5-10H2,1-4H3,(H,15,18). The van der Waals surface area contributed by atoms with E-state index in [9.17, 15) is 9.90 Å². The monoisotopic (exact) mass is 256 g/mol. The number of aliphatic hydroxyl groups excluding tert-OH is 1. The summed E-state index contributed by atoms with van der Waals surface area (Å²) in [6.45, 7) is 10.1. The first-order chi connectivity index (χ1) is 8.34. The van der Waals surface area contributed by atoms with Gasteiger partial charge in [0, 0.05) is 12.6 Å². The molecule has 1 atom stereocenters. The van der Waals surface area contributed by atoms with Crippen molar-refractivity contribution < 1.29 is 9.90 Å². The first-order valence-electron chi connectivity index (χ1n) is 7.03. The summed E-state index contributed by atoms with van der Waals surface area (Å²) >= 11 is 0. The van der Waals surface area contributed by atoms with E-state index in [1.807, 2.05) is 0 Å². The minimum absolute atomic E-state index is 0.0551. The summed E-state index contributed by atoms with van der Waals surface area (Å²) in [7, 11) is 0. The number of likely N-dealkylation sites (N-methyl/N-ethyl adjacent to an activating group) is 1. The fourth-order valence-electron chi connectivity index (χ4n) is 2.39. The molecule has 1 unspecified atom stereocenters. The number of hydrogen-bond acceptors (Lipinski definition) is 3. The number of rotatable bonds is 8. The largest absolute Gasteiger partial charge is 0.393 e. The Labute approximate surface area is 111 Å². The molecule has 0 saturated heterocycles. The van der Waals surface area contributed by atoms with E-state index in [-0.39, 0.29) is 17.4 Å². The van der Waals surface area contributed by atoms with Crippen molar-refractivity contribution in [3.8, 4) is 0 Å². The molecule has 0 aromatic carbocycles. The van der Waals surface area contributed by atoms with Crippen LogP contribution < -0.4 is 5.32 Å². The quantitative estimate of drug-likeness (QED) is 0.690. The van der Waals surface area contributed by atoms with Gasteiger partial charge in [0.1, 0.15) is 0 Å². The predicted octanol–water partition coefficient (Wildman–Crippen LogP) is 1.38. The van der Waals surface area contributed by atoms with Crippen LogP contribution in [-0.4, -0.2) is 47.7 Å². The average Bonchev–Trinajstić information content (AvgIpc) is 3.05. The van der Waals surface area contributed by atoms with Gasteiger partial charge in [0.15, 0.2) is 0 Å². The van der Waals surface area contributed by atoms with E-state index in [1.54, 1.807) is 6.92 Å². The third-order valence-electron chi connectivity index (χ3n) is 3.43. The first kappa shape index (κ1) is 15.4. The second-order valence-corrected chi connectivity index (χ2v) is 6.29. The lowest BCUT2D eigenvalue weighted by Crippen LogP contribution is -2.42. The van der Waals surface area contributed by atoms with Crippen LogP contribution in [0.5, 0.6) is 0 Å². The summed E-state index contributed by atoms with van der Waals surface area (Å²) in [6, 6.07) is 0.631. The lowest BCUT2D eigenvalue weighted by molar-refractivity contribution is -0.122. The summed E-state index contributed by atoms with van der Waals surface area (Å²) in [6.07, 6.45) is 2.84. The molecule has 1 fully saturated rings. The maximum Gasteiger partial charge on any atom is 0.234 e. The molecule has 2 N–H and O–H groups in total. The molecular formula is C14H28N2O2. The normalized spacial score (nSPS) is 17.9. The molecule has 1 saturated carbocycles. The van der Waals surface area contributed by atoms with E-state index in [0.29, 0.717) is 25.6 Å². The summed E-state index contributed by atoms with van der Waals surface area (Å²) in [5.74, 6) is 0.0995. The Morgan fingerprint density at radius 3 is 2.56 bits per heavy atom. The molecule has 106 valence electrons. The molecule has 0 aliphatic heterocycles. The van der Waals surface area contributed by atoms with Crippen molar-refractivity contribution in [2.24, 2.45) is 5.41 Å². The second kappa shape index (κ2) is 6.53. The molecule has 4 nitrogen and oxygen atoms in total. The minimum Gasteiger partial charge on any atom is -0.393 e. The van der Waals surface area contributed by atoms with E-state index in [1.165, 1.54) is 12.8 Å². The lowest BCUT2D eigenvalue weighted by Gasteiger charge is -2.27. The number of carbonyl (C=O) groups excluding carboxylic acids is 1. The number of hydrogen-bond donors (Lipinski definition) is 2. The van der Waals surface area contributed by atoms with Crippen molar-refractivity contribution in [1.82, 2.24) is 10.2 Å². The van der Waals surface area contributed by atoms with Crippen LogP contribution >= 0.6 is 0 Å². The van der Waals surface area contributed by atoms with E-state index >= 15 is 0 Å². The van der Waals surface area contributed by atoms with Crippen LogP contribution in [0.1, 0.15) is 47.0 Å². The molecule has 0 aromatic heterocycles. The second-order valence-electron chi connectivity index (χ2n) is 6.29. The van der Waals surface area contributed by atoms with Crippen molar-refractivity contribution in [2.75, 3.05) is 19.6 Å². The third kappa shape index (κ3) is 5.83. The summed E-state index contributed by atoms with van der Waals surface area (Å²) in [4.78, 5) is 14.1. The highest BCUT2D eigenvalue weighted by Crippen LogP contribution is 2.26. The Balaban J connectivity index is 2.27. The van der Waals surface area contributed by atoms with Gasteiger partial charge in [-0.2, -0.15) is 0 Å². The van der Waals surface area contributed by atoms with Crippen LogP contribution in [0, 0.1) is 5.41 Å². The van der Waals surface area contributed by atoms with E-state index in [2.05, 4.69) is 31.0 Å². The number of amides is 1.